The Morgan fingerprint density at radius 3 is 1.28 bits per heavy atom. The standard InChI is InChI=1S/C64H43N3/c1-64(2)57-37-50(63-66-61(43-20-8-4-9-21-43)65-62(67-63)44-22-10-5-11-23-44)31-32-51(57)53-38-55-56(39-58(53)64)59(48-28-26-41-18-12-14-24-45(41)34-48)52-33-30-47(40-16-6-3-7-17-40)36-54(52)60(55)49-29-27-42-19-13-15-25-46(42)35-49/h3-39H,1-2H3. The number of hydrogen-bond acceptors (Lipinski definition) is 3. The Morgan fingerprint density at radius 2 is 0.701 bits per heavy atom. The van der Waals surface area contributed by atoms with Crippen LogP contribution in [0.1, 0.15) is 25.0 Å². The molecule has 3 heteroatoms. The monoisotopic (exact) mass is 853 g/mol. The van der Waals surface area contributed by atoms with Gasteiger partial charge in [0.1, 0.15) is 0 Å². The highest BCUT2D eigenvalue weighted by atomic mass is 15.0. The third-order valence-electron chi connectivity index (χ3n) is 14.1. The third kappa shape index (κ3) is 6.46. The van der Waals surface area contributed by atoms with Crippen molar-refractivity contribution in [3.8, 4) is 78.7 Å². The van der Waals surface area contributed by atoms with E-state index < -0.39 is 0 Å². The summed E-state index contributed by atoms with van der Waals surface area (Å²) in [5, 5.41) is 9.87. The highest BCUT2D eigenvalue weighted by Gasteiger charge is 2.37. The van der Waals surface area contributed by atoms with Crippen LogP contribution in [0.4, 0.5) is 0 Å². The second-order valence-electron chi connectivity index (χ2n) is 18.4. The highest BCUT2D eigenvalue weighted by Crippen LogP contribution is 2.54. The fourth-order valence-corrected chi connectivity index (χ4v) is 10.7. The minimum atomic E-state index is -0.331. The van der Waals surface area contributed by atoms with Gasteiger partial charge in [-0.1, -0.05) is 202 Å². The molecule has 0 atom stereocenters. The van der Waals surface area contributed by atoms with Gasteiger partial charge < -0.3 is 0 Å². The van der Waals surface area contributed by atoms with Crippen LogP contribution < -0.4 is 0 Å². The van der Waals surface area contributed by atoms with E-state index in [4.69, 9.17) is 15.0 Å². The van der Waals surface area contributed by atoms with Crippen molar-refractivity contribution >= 4 is 43.1 Å². The number of aromatic nitrogens is 3. The largest absolute Gasteiger partial charge is 0.208 e. The topological polar surface area (TPSA) is 38.7 Å². The zero-order valence-electron chi connectivity index (χ0n) is 37.2. The summed E-state index contributed by atoms with van der Waals surface area (Å²) in [6, 6.07) is 81.5. The molecule has 1 aliphatic carbocycles. The van der Waals surface area contributed by atoms with Gasteiger partial charge >= 0.3 is 0 Å². The average molecular weight is 854 g/mol. The molecule has 1 aromatic heterocycles. The first-order chi connectivity index (χ1) is 32.9. The zero-order chi connectivity index (χ0) is 44.6. The van der Waals surface area contributed by atoms with Crippen LogP contribution in [0, 0.1) is 0 Å². The molecule has 12 aromatic rings. The molecule has 0 saturated carbocycles. The van der Waals surface area contributed by atoms with E-state index in [9.17, 15) is 0 Å². The van der Waals surface area contributed by atoms with Gasteiger partial charge in [0.25, 0.3) is 0 Å². The van der Waals surface area contributed by atoms with Gasteiger partial charge in [-0.05, 0) is 135 Å². The van der Waals surface area contributed by atoms with E-state index in [1.54, 1.807) is 0 Å². The van der Waals surface area contributed by atoms with Crippen molar-refractivity contribution in [1.29, 1.82) is 0 Å². The summed E-state index contributed by atoms with van der Waals surface area (Å²) in [5.41, 5.74) is 14.9. The predicted molar refractivity (Wildman–Crippen MR) is 280 cm³/mol. The summed E-state index contributed by atoms with van der Waals surface area (Å²) >= 11 is 0. The van der Waals surface area contributed by atoms with Gasteiger partial charge in [-0.2, -0.15) is 0 Å². The Kier molecular flexibility index (Phi) is 8.88. The van der Waals surface area contributed by atoms with Crippen molar-refractivity contribution in [2.75, 3.05) is 0 Å². The Bertz CT molecular complexity index is 3870. The fourth-order valence-electron chi connectivity index (χ4n) is 10.7. The van der Waals surface area contributed by atoms with E-state index in [1.807, 2.05) is 36.4 Å². The summed E-state index contributed by atoms with van der Waals surface area (Å²) < 4.78 is 0. The van der Waals surface area contributed by atoms with Crippen LogP contribution in [0.3, 0.4) is 0 Å². The van der Waals surface area contributed by atoms with Gasteiger partial charge in [-0.3, -0.25) is 0 Å². The van der Waals surface area contributed by atoms with Crippen LogP contribution in [0.15, 0.2) is 224 Å². The second-order valence-corrected chi connectivity index (χ2v) is 18.4. The lowest BCUT2D eigenvalue weighted by Gasteiger charge is -2.24. The normalized spacial score (nSPS) is 12.7. The molecule has 0 fully saturated rings. The van der Waals surface area contributed by atoms with Gasteiger partial charge in [-0.25, -0.2) is 15.0 Å². The van der Waals surface area contributed by atoms with Crippen LogP contribution in [0.25, 0.3) is 122 Å². The first-order valence-electron chi connectivity index (χ1n) is 23.1. The molecule has 67 heavy (non-hydrogen) atoms. The quantitative estimate of drug-likeness (QED) is 0.156. The van der Waals surface area contributed by atoms with E-state index in [1.165, 1.54) is 98.7 Å². The molecule has 0 aliphatic heterocycles. The number of rotatable bonds is 6. The summed E-state index contributed by atoms with van der Waals surface area (Å²) in [6.45, 7) is 4.75. The molecule has 13 rings (SSSR count). The number of fused-ring (bicyclic) bond motifs is 7. The lowest BCUT2D eigenvalue weighted by atomic mass is 9.79. The molecule has 0 radical (unpaired) electrons. The van der Waals surface area contributed by atoms with Crippen molar-refractivity contribution in [1.82, 2.24) is 15.0 Å². The summed E-state index contributed by atoms with van der Waals surface area (Å²) in [5.74, 6) is 1.97. The predicted octanol–water partition coefficient (Wildman–Crippen LogP) is 16.8. The maximum Gasteiger partial charge on any atom is 0.164 e. The van der Waals surface area contributed by atoms with Gasteiger partial charge in [0.05, 0.1) is 0 Å². The molecule has 0 unspecified atom stereocenters. The summed E-state index contributed by atoms with van der Waals surface area (Å²) in [4.78, 5) is 15.3. The molecule has 11 aromatic carbocycles. The Hall–Kier alpha value is -8.53. The van der Waals surface area contributed by atoms with Gasteiger partial charge in [0.2, 0.25) is 0 Å². The van der Waals surface area contributed by atoms with E-state index in [-0.39, 0.29) is 5.41 Å². The molecular weight excluding hydrogens is 811 g/mol. The molecule has 3 nitrogen and oxygen atoms in total. The third-order valence-corrected chi connectivity index (χ3v) is 14.1. The molecule has 0 spiro atoms. The van der Waals surface area contributed by atoms with Crippen molar-refractivity contribution in [2.45, 2.75) is 19.3 Å². The first-order valence-corrected chi connectivity index (χ1v) is 23.1. The molecule has 1 heterocycles. The molecule has 314 valence electrons. The molecular formula is C64H43N3. The van der Waals surface area contributed by atoms with Crippen molar-refractivity contribution in [3.05, 3.63) is 236 Å². The van der Waals surface area contributed by atoms with Crippen molar-refractivity contribution in [3.63, 3.8) is 0 Å². The number of benzene rings is 11. The SMILES string of the molecule is CC1(C)c2cc(-c3nc(-c4ccccc4)nc(-c4ccccc4)n3)ccc2-c2cc3c(-c4ccc5ccccc5c4)c4cc(-c5ccccc5)ccc4c(-c4ccc5ccccc5c4)c3cc21. The molecule has 0 bridgehead atoms. The van der Waals surface area contributed by atoms with Gasteiger partial charge in [0, 0.05) is 22.1 Å². The molecule has 0 saturated heterocycles. The molecule has 0 amide bonds. The van der Waals surface area contributed by atoms with Crippen LogP contribution in [0.5, 0.6) is 0 Å². The second kappa shape index (κ2) is 15.3. The van der Waals surface area contributed by atoms with Crippen LogP contribution in [0.2, 0.25) is 0 Å². The highest BCUT2D eigenvalue weighted by molar-refractivity contribution is 6.23. The van der Waals surface area contributed by atoms with Crippen LogP contribution >= 0.6 is 0 Å². The van der Waals surface area contributed by atoms with E-state index in [2.05, 4.69) is 202 Å². The Morgan fingerprint density at radius 1 is 0.269 bits per heavy atom. The number of nitrogens with zero attached hydrogens (tertiary/aromatic N) is 3. The summed E-state index contributed by atoms with van der Waals surface area (Å²) in [6.07, 6.45) is 0. The smallest absolute Gasteiger partial charge is 0.164 e. The maximum absolute atomic E-state index is 5.14. The Labute approximate surface area is 389 Å². The van der Waals surface area contributed by atoms with E-state index in [0.29, 0.717) is 17.5 Å². The number of hydrogen-bond donors (Lipinski definition) is 0. The minimum Gasteiger partial charge on any atom is -0.208 e. The summed E-state index contributed by atoms with van der Waals surface area (Å²) in [7, 11) is 0. The Balaban J connectivity index is 1.09. The molecule has 0 N–H and O–H groups in total. The van der Waals surface area contributed by atoms with Crippen molar-refractivity contribution < 1.29 is 0 Å². The zero-order valence-corrected chi connectivity index (χ0v) is 37.2. The fraction of sp³-hybridized carbons (Fsp3) is 0.0469. The first kappa shape index (κ1) is 38.9. The van der Waals surface area contributed by atoms with E-state index in [0.717, 1.165) is 16.7 Å². The van der Waals surface area contributed by atoms with Crippen LogP contribution in [-0.2, 0) is 5.41 Å². The van der Waals surface area contributed by atoms with Gasteiger partial charge in [0.15, 0.2) is 17.5 Å². The maximum atomic E-state index is 5.14. The van der Waals surface area contributed by atoms with Crippen molar-refractivity contribution in [2.24, 2.45) is 0 Å². The van der Waals surface area contributed by atoms with Crippen LogP contribution in [-0.4, -0.2) is 15.0 Å². The average Bonchev–Trinajstić information content (AvgIpc) is 3.61. The lowest BCUT2D eigenvalue weighted by molar-refractivity contribution is 0.661. The van der Waals surface area contributed by atoms with E-state index >= 15 is 0 Å². The minimum absolute atomic E-state index is 0.331. The lowest BCUT2D eigenvalue weighted by Crippen LogP contribution is -2.15. The molecule has 1 aliphatic rings. The van der Waals surface area contributed by atoms with Gasteiger partial charge in [-0.15, -0.1) is 0 Å².